The number of hydrazine groups is 1. The fourth-order valence-corrected chi connectivity index (χ4v) is 1.17. The number of amides is 1. The Bertz CT molecular complexity index is 415. The van der Waals surface area contributed by atoms with Gasteiger partial charge in [-0.1, -0.05) is 0 Å². The molecule has 1 rings (SSSR count). The second kappa shape index (κ2) is 6.05. The smallest absolute Gasteiger partial charge is 0.253 e. The maximum absolute atomic E-state index is 11.2. The number of carbonyl (C=O) groups excluding carboxylic acids is 1. The van der Waals surface area contributed by atoms with E-state index in [0.29, 0.717) is 5.56 Å². The minimum absolute atomic E-state index is 0.0886. The highest BCUT2D eigenvalue weighted by molar-refractivity contribution is 5.81. The molecule has 0 fully saturated rings. The van der Waals surface area contributed by atoms with E-state index in [4.69, 9.17) is 15.9 Å². The summed E-state index contributed by atoms with van der Waals surface area (Å²) in [7, 11) is 0. The monoisotopic (exact) mass is 257 g/mol. The quantitative estimate of drug-likeness (QED) is 0.244. The van der Waals surface area contributed by atoms with Gasteiger partial charge in [-0.25, -0.2) is 5.43 Å². The first-order valence-corrected chi connectivity index (χ1v) is 5.08. The molecule has 0 heterocycles. The summed E-state index contributed by atoms with van der Waals surface area (Å²) in [6, 6.07) is 1.42. The second-order valence-corrected chi connectivity index (χ2v) is 3.61. The molecule has 0 radical (unpaired) electrons. The number of benzene rings is 1. The number of aliphatic hydroxyl groups is 1. The summed E-state index contributed by atoms with van der Waals surface area (Å²) in [6.45, 7) is -0.389. The number of aliphatic hydroxyl groups excluding tert-OH is 1. The number of aromatic hydroxyl groups is 3. The molecule has 8 N–H and O–H groups in total. The van der Waals surface area contributed by atoms with Crippen molar-refractivity contribution in [3.05, 3.63) is 17.7 Å². The second-order valence-electron chi connectivity index (χ2n) is 3.61. The average molecular weight is 257 g/mol. The number of hydrogen-bond donors (Lipinski definition) is 7. The number of rotatable bonds is 5. The lowest BCUT2D eigenvalue weighted by Gasteiger charge is -2.11. The van der Waals surface area contributed by atoms with Gasteiger partial charge >= 0.3 is 0 Å². The van der Waals surface area contributed by atoms with Crippen molar-refractivity contribution in [3.8, 4) is 17.2 Å². The highest BCUT2D eigenvalue weighted by Crippen LogP contribution is 2.35. The number of nitrogens with one attached hydrogen (secondary N) is 2. The molecule has 0 aliphatic heterocycles. The molecule has 18 heavy (non-hydrogen) atoms. The fraction of sp³-hybridized carbons (Fsp3) is 0.300. The Morgan fingerprint density at radius 1 is 1.28 bits per heavy atom. The van der Waals surface area contributed by atoms with Crippen LogP contribution in [0.4, 0.5) is 0 Å². The van der Waals surface area contributed by atoms with Gasteiger partial charge in [0.15, 0.2) is 17.2 Å². The third-order valence-electron chi connectivity index (χ3n) is 2.17. The number of phenols is 3. The van der Waals surface area contributed by atoms with Gasteiger partial charge in [0.25, 0.3) is 5.91 Å². The number of nitrogens with two attached hydrogens (primary N) is 1. The lowest BCUT2D eigenvalue weighted by molar-refractivity contribution is -0.124. The van der Waals surface area contributed by atoms with E-state index in [0.717, 1.165) is 0 Å². The molecule has 1 amide bonds. The molecule has 100 valence electrons. The maximum Gasteiger partial charge on any atom is 0.253 e. The van der Waals surface area contributed by atoms with Crippen LogP contribution in [0.15, 0.2) is 12.1 Å². The lowest BCUT2D eigenvalue weighted by atomic mass is 10.2. The van der Waals surface area contributed by atoms with Gasteiger partial charge in [0, 0.05) is 6.54 Å². The van der Waals surface area contributed by atoms with Crippen molar-refractivity contribution in [2.45, 2.75) is 12.6 Å². The summed E-state index contributed by atoms with van der Waals surface area (Å²) >= 11 is 0. The standard InChI is InChI=1S/C10H15N3O5/c11-6(4-14)10(18)13-12-3-5-1-7(15)9(17)8(16)2-5/h1-2,6,12,14-17H,3-4,11H2,(H,13,18)/t6-/m0/s1. The summed E-state index contributed by atoms with van der Waals surface area (Å²) in [6.07, 6.45) is 0. The van der Waals surface area contributed by atoms with Crippen LogP contribution in [0.1, 0.15) is 5.56 Å². The molecule has 0 saturated carbocycles. The first kappa shape index (κ1) is 14.0. The van der Waals surface area contributed by atoms with Crippen LogP contribution in [0.5, 0.6) is 17.2 Å². The number of phenolic OH excluding ortho intramolecular Hbond substituents is 3. The van der Waals surface area contributed by atoms with Gasteiger partial charge in [-0.2, -0.15) is 0 Å². The normalized spacial score (nSPS) is 12.1. The van der Waals surface area contributed by atoms with E-state index in [9.17, 15) is 15.0 Å². The minimum atomic E-state index is -1.03. The summed E-state index contributed by atoms with van der Waals surface area (Å²) in [5.41, 5.74) is 10.4. The van der Waals surface area contributed by atoms with Crippen molar-refractivity contribution in [1.29, 1.82) is 0 Å². The molecule has 0 aliphatic carbocycles. The van der Waals surface area contributed by atoms with Crippen molar-refractivity contribution >= 4 is 5.91 Å². The van der Waals surface area contributed by atoms with Gasteiger partial charge in [0.2, 0.25) is 0 Å². The Balaban J connectivity index is 2.52. The van der Waals surface area contributed by atoms with Crippen LogP contribution in [0.2, 0.25) is 0 Å². The topological polar surface area (TPSA) is 148 Å². The highest BCUT2D eigenvalue weighted by atomic mass is 16.3. The molecule has 8 nitrogen and oxygen atoms in total. The molecule has 0 spiro atoms. The number of carbonyl (C=O) groups is 1. The zero-order valence-electron chi connectivity index (χ0n) is 9.42. The van der Waals surface area contributed by atoms with Crippen LogP contribution < -0.4 is 16.6 Å². The SMILES string of the molecule is N[C@@H](CO)C(=O)NNCc1cc(O)c(O)c(O)c1. The van der Waals surface area contributed by atoms with Crippen molar-refractivity contribution in [2.75, 3.05) is 6.61 Å². The van der Waals surface area contributed by atoms with E-state index in [1.807, 2.05) is 0 Å². The average Bonchev–Trinajstić information content (AvgIpc) is 2.34. The molecule has 8 heteroatoms. The molecule has 0 aromatic heterocycles. The van der Waals surface area contributed by atoms with E-state index >= 15 is 0 Å². The van der Waals surface area contributed by atoms with Gasteiger partial charge in [0.05, 0.1) is 6.61 Å². The molecule has 0 unspecified atom stereocenters. The molecule has 1 atom stereocenters. The Labute approximate surface area is 103 Å². The highest BCUT2D eigenvalue weighted by Gasteiger charge is 2.11. The summed E-state index contributed by atoms with van der Waals surface area (Å²) in [4.78, 5) is 11.2. The molecule has 0 aliphatic rings. The van der Waals surface area contributed by atoms with Crippen LogP contribution in [0.25, 0.3) is 0 Å². The summed E-state index contributed by atoms with van der Waals surface area (Å²) in [5, 5.41) is 36.2. The van der Waals surface area contributed by atoms with Crippen molar-refractivity contribution < 1.29 is 25.2 Å². The first-order chi connectivity index (χ1) is 8.45. The van der Waals surface area contributed by atoms with Crippen LogP contribution in [0.3, 0.4) is 0 Å². The van der Waals surface area contributed by atoms with Crippen molar-refractivity contribution in [2.24, 2.45) is 5.73 Å². The summed E-state index contributed by atoms with van der Waals surface area (Å²) in [5.74, 6) is -2.13. The lowest BCUT2D eigenvalue weighted by Crippen LogP contribution is -2.48. The Morgan fingerprint density at radius 3 is 2.33 bits per heavy atom. The molecule has 0 saturated heterocycles. The number of hydrogen-bond acceptors (Lipinski definition) is 7. The van der Waals surface area contributed by atoms with E-state index in [2.05, 4.69) is 10.9 Å². The predicted molar refractivity (Wildman–Crippen MR) is 61.5 cm³/mol. The van der Waals surface area contributed by atoms with Crippen LogP contribution >= 0.6 is 0 Å². The van der Waals surface area contributed by atoms with Gasteiger partial charge in [0.1, 0.15) is 6.04 Å². The summed E-state index contributed by atoms with van der Waals surface area (Å²) < 4.78 is 0. The van der Waals surface area contributed by atoms with Gasteiger partial charge < -0.3 is 26.2 Å². The van der Waals surface area contributed by atoms with Crippen molar-refractivity contribution in [3.63, 3.8) is 0 Å². The molecular weight excluding hydrogens is 242 g/mol. The van der Waals surface area contributed by atoms with Gasteiger partial charge in [-0.3, -0.25) is 10.2 Å². The third-order valence-corrected chi connectivity index (χ3v) is 2.17. The molecule has 1 aromatic carbocycles. The Morgan fingerprint density at radius 2 is 1.83 bits per heavy atom. The predicted octanol–water partition coefficient (Wildman–Crippen LogP) is -1.76. The van der Waals surface area contributed by atoms with E-state index < -0.39 is 35.8 Å². The Kier molecular flexibility index (Phi) is 4.72. The van der Waals surface area contributed by atoms with E-state index in [-0.39, 0.29) is 6.54 Å². The van der Waals surface area contributed by atoms with Crippen LogP contribution in [-0.4, -0.2) is 39.0 Å². The van der Waals surface area contributed by atoms with Crippen LogP contribution in [-0.2, 0) is 11.3 Å². The first-order valence-electron chi connectivity index (χ1n) is 5.08. The molecule has 0 bridgehead atoms. The maximum atomic E-state index is 11.2. The van der Waals surface area contributed by atoms with E-state index in [1.165, 1.54) is 12.1 Å². The van der Waals surface area contributed by atoms with E-state index in [1.54, 1.807) is 0 Å². The van der Waals surface area contributed by atoms with Gasteiger partial charge in [-0.05, 0) is 17.7 Å². The van der Waals surface area contributed by atoms with Gasteiger partial charge in [-0.15, -0.1) is 0 Å². The zero-order chi connectivity index (χ0) is 13.7. The van der Waals surface area contributed by atoms with Crippen LogP contribution in [0, 0.1) is 0 Å². The van der Waals surface area contributed by atoms with Crippen molar-refractivity contribution in [1.82, 2.24) is 10.9 Å². The fourth-order valence-electron chi connectivity index (χ4n) is 1.17. The Hall–Kier alpha value is -2.03. The minimum Gasteiger partial charge on any atom is -0.504 e. The largest absolute Gasteiger partial charge is 0.504 e. The molecular formula is C10H15N3O5. The molecule has 1 aromatic rings. The zero-order valence-corrected chi connectivity index (χ0v) is 9.42. The third kappa shape index (κ3) is 3.48.